The summed E-state index contributed by atoms with van der Waals surface area (Å²) in [6.07, 6.45) is 0. The van der Waals surface area contributed by atoms with Crippen molar-refractivity contribution in [3.63, 3.8) is 0 Å². The monoisotopic (exact) mass is 644 g/mol. The maximum atomic E-state index is 14.3. The molecule has 0 atom stereocenters. The first-order valence-electron chi connectivity index (χ1n) is 14.9. The Hall–Kier alpha value is -5.32. The van der Waals surface area contributed by atoms with Gasteiger partial charge < -0.3 is 5.32 Å². The van der Waals surface area contributed by atoms with Crippen LogP contribution in [-0.4, -0.2) is 10.9 Å². The second kappa shape index (κ2) is 12.4. The van der Waals surface area contributed by atoms with E-state index in [0.717, 1.165) is 66.7 Å². The molecule has 1 aromatic heterocycles. The summed E-state index contributed by atoms with van der Waals surface area (Å²) in [5.41, 5.74) is 11.4. The van der Waals surface area contributed by atoms with Gasteiger partial charge in [0.2, 0.25) is 0 Å². The summed E-state index contributed by atoms with van der Waals surface area (Å²) in [5, 5.41) is 3.96. The van der Waals surface area contributed by atoms with Gasteiger partial charge in [-0.2, -0.15) is 0 Å². The van der Waals surface area contributed by atoms with E-state index in [9.17, 15) is 4.79 Å². The number of aromatic nitrogens is 1. The second-order valence-corrected chi connectivity index (χ2v) is 11.8. The number of fused-ring (bicyclic) bond motifs is 1. The van der Waals surface area contributed by atoms with E-state index in [2.05, 4.69) is 94.0 Å². The van der Waals surface area contributed by atoms with Gasteiger partial charge in [-0.05, 0) is 68.9 Å². The van der Waals surface area contributed by atoms with E-state index in [0.29, 0.717) is 10.2 Å². The highest BCUT2D eigenvalue weighted by molar-refractivity contribution is 9.10. The molecule has 0 radical (unpaired) electrons. The lowest BCUT2D eigenvalue weighted by molar-refractivity contribution is 0.102. The third-order valence-corrected chi connectivity index (χ3v) is 8.44. The predicted molar refractivity (Wildman–Crippen MR) is 190 cm³/mol. The van der Waals surface area contributed by atoms with Crippen molar-refractivity contribution >= 4 is 38.4 Å². The van der Waals surface area contributed by atoms with Crippen molar-refractivity contribution in [1.82, 2.24) is 4.98 Å². The minimum Gasteiger partial charge on any atom is -0.322 e. The Morgan fingerprint density at radius 2 is 0.978 bits per heavy atom. The number of rotatable bonds is 6. The highest BCUT2D eigenvalue weighted by atomic mass is 79.9. The van der Waals surface area contributed by atoms with Crippen LogP contribution in [0.2, 0.25) is 0 Å². The summed E-state index contributed by atoms with van der Waals surface area (Å²) in [5.74, 6) is -0.199. The van der Waals surface area contributed by atoms with Gasteiger partial charge in [-0.15, -0.1) is 0 Å². The maximum absolute atomic E-state index is 14.3. The smallest absolute Gasteiger partial charge is 0.256 e. The van der Waals surface area contributed by atoms with Crippen molar-refractivity contribution in [1.29, 1.82) is 0 Å². The van der Waals surface area contributed by atoms with Crippen LogP contribution in [0.5, 0.6) is 0 Å². The quantitative estimate of drug-likeness (QED) is 0.183. The Bertz CT molecular complexity index is 2130. The number of carbonyl (C=O) groups is 1. The standard InChI is InChI=1S/C41H29BrN2O/c1-27-22-24-32(25-23-27)43-41(45)33-26-34(42)44-40-38(31-20-12-5-13-21-31)36(29-16-8-3-9-17-29)35(28-14-6-2-7-15-28)37(39(33)40)30-18-10-4-11-19-30/h2-26H,1H3,(H,43,45). The van der Waals surface area contributed by atoms with E-state index in [-0.39, 0.29) is 5.91 Å². The zero-order valence-corrected chi connectivity index (χ0v) is 26.3. The molecule has 216 valence electrons. The van der Waals surface area contributed by atoms with Gasteiger partial charge in [0.25, 0.3) is 5.91 Å². The van der Waals surface area contributed by atoms with Crippen LogP contribution < -0.4 is 5.32 Å². The number of carbonyl (C=O) groups excluding carboxylic acids is 1. The van der Waals surface area contributed by atoms with Gasteiger partial charge in [0.15, 0.2) is 0 Å². The number of benzene rings is 6. The number of hydrogen-bond donors (Lipinski definition) is 1. The van der Waals surface area contributed by atoms with Gasteiger partial charge >= 0.3 is 0 Å². The van der Waals surface area contributed by atoms with Gasteiger partial charge in [-0.3, -0.25) is 4.79 Å². The summed E-state index contributed by atoms with van der Waals surface area (Å²) >= 11 is 3.69. The molecule has 0 spiro atoms. The second-order valence-electron chi connectivity index (χ2n) is 11.0. The molecule has 7 aromatic rings. The molecular weight excluding hydrogens is 616 g/mol. The molecule has 1 N–H and O–H groups in total. The number of pyridine rings is 1. The summed E-state index contributed by atoms with van der Waals surface area (Å²) < 4.78 is 0.590. The molecule has 4 heteroatoms. The van der Waals surface area contributed by atoms with E-state index >= 15 is 0 Å². The van der Waals surface area contributed by atoms with Crippen LogP contribution in [0.3, 0.4) is 0 Å². The third kappa shape index (κ3) is 5.57. The van der Waals surface area contributed by atoms with E-state index in [1.165, 1.54) is 0 Å². The molecule has 0 aliphatic heterocycles. The Balaban J connectivity index is 1.69. The normalized spacial score (nSPS) is 11.0. The Labute approximate surface area is 271 Å². The highest BCUT2D eigenvalue weighted by Gasteiger charge is 2.28. The highest BCUT2D eigenvalue weighted by Crippen LogP contribution is 2.51. The molecule has 1 heterocycles. The third-order valence-electron chi connectivity index (χ3n) is 8.03. The average Bonchev–Trinajstić information content (AvgIpc) is 3.09. The van der Waals surface area contributed by atoms with Crippen LogP contribution in [0.25, 0.3) is 55.4 Å². The molecule has 0 aliphatic rings. The summed E-state index contributed by atoms with van der Waals surface area (Å²) in [6.45, 7) is 2.03. The number of amides is 1. The number of nitrogens with zero attached hydrogens (tertiary/aromatic N) is 1. The first kappa shape index (κ1) is 28.5. The van der Waals surface area contributed by atoms with Crippen LogP contribution in [-0.2, 0) is 0 Å². The summed E-state index contributed by atoms with van der Waals surface area (Å²) in [7, 11) is 0. The largest absolute Gasteiger partial charge is 0.322 e. The van der Waals surface area contributed by atoms with Gasteiger partial charge in [-0.25, -0.2) is 4.98 Å². The minimum absolute atomic E-state index is 0.199. The van der Waals surface area contributed by atoms with E-state index < -0.39 is 0 Å². The molecule has 0 fully saturated rings. The number of halogens is 1. The van der Waals surface area contributed by atoms with Gasteiger partial charge in [0.1, 0.15) is 4.60 Å². The molecule has 0 aliphatic carbocycles. The fourth-order valence-electron chi connectivity index (χ4n) is 6.02. The van der Waals surface area contributed by atoms with E-state index in [1.807, 2.05) is 85.8 Å². The summed E-state index contributed by atoms with van der Waals surface area (Å²) in [4.78, 5) is 19.5. The van der Waals surface area contributed by atoms with Crippen molar-refractivity contribution in [2.24, 2.45) is 0 Å². The van der Waals surface area contributed by atoms with Crippen molar-refractivity contribution in [2.45, 2.75) is 6.92 Å². The van der Waals surface area contributed by atoms with Crippen LogP contribution in [0.4, 0.5) is 5.69 Å². The van der Waals surface area contributed by atoms with Crippen molar-refractivity contribution in [3.8, 4) is 44.5 Å². The molecule has 0 bridgehead atoms. The zero-order valence-electron chi connectivity index (χ0n) is 24.7. The molecule has 7 rings (SSSR count). The Morgan fingerprint density at radius 3 is 1.47 bits per heavy atom. The lowest BCUT2D eigenvalue weighted by Gasteiger charge is -2.25. The maximum Gasteiger partial charge on any atom is 0.256 e. The number of nitrogens with one attached hydrogen (secondary N) is 1. The lowest BCUT2D eigenvalue weighted by atomic mass is 9.79. The fourth-order valence-corrected chi connectivity index (χ4v) is 6.43. The average molecular weight is 646 g/mol. The molecule has 45 heavy (non-hydrogen) atoms. The predicted octanol–water partition coefficient (Wildman–Crippen LogP) is 11.2. The fraction of sp³-hybridized carbons (Fsp3) is 0.0244. The Morgan fingerprint density at radius 1 is 0.556 bits per heavy atom. The van der Waals surface area contributed by atoms with Crippen LogP contribution in [0.15, 0.2) is 156 Å². The van der Waals surface area contributed by atoms with Crippen molar-refractivity contribution < 1.29 is 4.79 Å². The van der Waals surface area contributed by atoms with Crippen LogP contribution in [0.1, 0.15) is 15.9 Å². The molecule has 6 aromatic carbocycles. The molecule has 0 saturated heterocycles. The first-order valence-corrected chi connectivity index (χ1v) is 15.7. The molecule has 0 saturated carbocycles. The first-order chi connectivity index (χ1) is 22.1. The summed E-state index contributed by atoms with van der Waals surface area (Å²) in [6, 6.07) is 51.3. The zero-order chi connectivity index (χ0) is 30.8. The van der Waals surface area contributed by atoms with Gasteiger partial charge in [0, 0.05) is 27.8 Å². The number of aryl methyl sites for hydroxylation is 1. The number of anilines is 1. The topological polar surface area (TPSA) is 42.0 Å². The van der Waals surface area contributed by atoms with E-state index in [4.69, 9.17) is 4.98 Å². The van der Waals surface area contributed by atoms with Crippen LogP contribution in [0, 0.1) is 6.92 Å². The van der Waals surface area contributed by atoms with E-state index in [1.54, 1.807) is 0 Å². The Kier molecular flexibility index (Phi) is 7.81. The molecular formula is C41H29BrN2O. The van der Waals surface area contributed by atoms with Gasteiger partial charge in [0.05, 0.1) is 11.1 Å². The minimum atomic E-state index is -0.199. The molecule has 0 unspecified atom stereocenters. The lowest BCUT2D eigenvalue weighted by Crippen LogP contribution is -2.14. The molecule has 1 amide bonds. The number of hydrogen-bond acceptors (Lipinski definition) is 2. The SMILES string of the molecule is Cc1ccc(NC(=O)c2cc(Br)nc3c(-c4ccccc4)c(-c4ccccc4)c(-c4ccccc4)c(-c4ccccc4)c23)cc1. The van der Waals surface area contributed by atoms with Crippen LogP contribution >= 0.6 is 15.9 Å². The molecule has 3 nitrogen and oxygen atoms in total. The van der Waals surface area contributed by atoms with Gasteiger partial charge in [-0.1, -0.05) is 139 Å². The van der Waals surface area contributed by atoms with Crippen molar-refractivity contribution in [3.05, 3.63) is 167 Å². The van der Waals surface area contributed by atoms with Crippen molar-refractivity contribution in [2.75, 3.05) is 5.32 Å².